The fourth-order valence-electron chi connectivity index (χ4n) is 4.73. The van der Waals surface area contributed by atoms with E-state index in [2.05, 4.69) is 10.3 Å². The molecule has 2 aromatic carbocycles. The van der Waals surface area contributed by atoms with Gasteiger partial charge in [0.25, 0.3) is 5.91 Å². The van der Waals surface area contributed by atoms with Gasteiger partial charge in [0.2, 0.25) is 0 Å². The van der Waals surface area contributed by atoms with E-state index in [4.69, 9.17) is 21.4 Å². The van der Waals surface area contributed by atoms with Crippen LogP contribution in [0.4, 0.5) is 0 Å². The van der Waals surface area contributed by atoms with Crippen LogP contribution in [0.3, 0.4) is 0 Å². The first-order valence-corrected chi connectivity index (χ1v) is 12.2. The van der Waals surface area contributed by atoms with E-state index in [9.17, 15) is 4.79 Å². The van der Waals surface area contributed by atoms with Gasteiger partial charge in [-0.1, -0.05) is 30.2 Å². The van der Waals surface area contributed by atoms with Crippen molar-refractivity contribution < 1.29 is 9.53 Å². The van der Waals surface area contributed by atoms with E-state index in [0.29, 0.717) is 10.7 Å². The molecule has 180 valence electrons. The molecule has 5 rings (SSSR count). The molecule has 0 radical (unpaired) electrons. The highest BCUT2D eigenvalue weighted by Gasteiger charge is 2.28. The molecule has 0 saturated heterocycles. The molecular formula is C27H28ClN5O2. The molecule has 1 atom stereocenters. The number of carbonyl (C=O) groups excluding carboxylic acids is 1. The average Bonchev–Trinajstić information content (AvgIpc) is 3.37. The third-order valence-electron chi connectivity index (χ3n) is 6.54. The molecule has 1 amide bonds. The molecule has 0 fully saturated rings. The highest BCUT2D eigenvalue weighted by molar-refractivity contribution is 6.30. The van der Waals surface area contributed by atoms with Crippen molar-refractivity contribution in [1.29, 1.82) is 0 Å². The number of aryl methyl sites for hydroxylation is 1. The number of nitrogens with one attached hydrogen (secondary N) is 1. The van der Waals surface area contributed by atoms with E-state index >= 15 is 0 Å². The third-order valence-corrected chi connectivity index (χ3v) is 6.79. The van der Waals surface area contributed by atoms with E-state index in [1.165, 1.54) is 0 Å². The largest absolute Gasteiger partial charge is 0.497 e. The number of hydrogen-bond acceptors (Lipinski definition) is 4. The summed E-state index contributed by atoms with van der Waals surface area (Å²) in [5.41, 5.74) is 4.39. The topological polar surface area (TPSA) is 74.0 Å². The van der Waals surface area contributed by atoms with Crippen LogP contribution in [0, 0.1) is 0 Å². The number of amides is 1. The SMILES string of the molecule is COc1cccc(C(NC(=O)c2nn(-c3ccc(Cl)cc3)c3c2CCCCC3)c2nccn2C)c1. The van der Waals surface area contributed by atoms with Crippen molar-refractivity contribution in [1.82, 2.24) is 24.6 Å². The molecule has 0 saturated carbocycles. The number of fused-ring (bicyclic) bond motifs is 1. The third kappa shape index (κ3) is 4.68. The Balaban J connectivity index is 1.55. The second-order valence-electron chi connectivity index (χ2n) is 8.80. The molecule has 7 nitrogen and oxygen atoms in total. The minimum atomic E-state index is -0.459. The van der Waals surface area contributed by atoms with Crippen LogP contribution < -0.4 is 10.1 Å². The maximum atomic E-state index is 13.8. The van der Waals surface area contributed by atoms with Gasteiger partial charge >= 0.3 is 0 Å². The van der Waals surface area contributed by atoms with Gasteiger partial charge in [-0.25, -0.2) is 9.67 Å². The summed E-state index contributed by atoms with van der Waals surface area (Å²) in [4.78, 5) is 18.3. The second kappa shape index (κ2) is 9.96. The van der Waals surface area contributed by atoms with Crippen LogP contribution in [0.1, 0.15) is 58.4 Å². The predicted octanol–water partition coefficient (Wildman–Crippen LogP) is 5.06. The van der Waals surface area contributed by atoms with Gasteiger partial charge in [0, 0.05) is 35.7 Å². The molecule has 4 aromatic rings. The normalized spacial score (nSPS) is 14.1. The number of halogens is 1. The van der Waals surface area contributed by atoms with Gasteiger partial charge in [-0.3, -0.25) is 4.79 Å². The number of ether oxygens (including phenoxy) is 1. The number of methoxy groups -OCH3 is 1. The van der Waals surface area contributed by atoms with Crippen LogP contribution in [0.25, 0.3) is 5.69 Å². The van der Waals surface area contributed by atoms with Crippen molar-refractivity contribution in [3.05, 3.63) is 94.3 Å². The summed E-state index contributed by atoms with van der Waals surface area (Å²) >= 11 is 6.11. The standard InChI is InChI=1S/C27H28ClN5O2/c1-32-16-15-29-26(32)24(18-7-6-8-21(17-18)35-2)30-27(34)25-22-9-4-3-5-10-23(22)33(31-25)20-13-11-19(28)12-14-20/h6-8,11-17,24H,3-5,9-10H2,1-2H3,(H,30,34). The summed E-state index contributed by atoms with van der Waals surface area (Å²) < 4.78 is 9.25. The Morgan fingerprint density at radius 2 is 1.91 bits per heavy atom. The van der Waals surface area contributed by atoms with Crippen LogP contribution >= 0.6 is 11.6 Å². The molecule has 0 bridgehead atoms. The minimum Gasteiger partial charge on any atom is -0.497 e. The predicted molar refractivity (Wildman–Crippen MR) is 135 cm³/mol. The fourth-order valence-corrected chi connectivity index (χ4v) is 4.85. The molecule has 0 aliphatic heterocycles. The Hall–Kier alpha value is -3.58. The van der Waals surface area contributed by atoms with Gasteiger partial charge in [0.05, 0.1) is 12.8 Å². The Bertz CT molecular complexity index is 1340. The van der Waals surface area contributed by atoms with Crippen LogP contribution in [-0.2, 0) is 19.9 Å². The summed E-state index contributed by atoms with van der Waals surface area (Å²) in [6.07, 6.45) is 8.57. The quantitative estimate of drug-likeness (QED) is 0.384. The van der Waals surface area contributed by atoms with Crippen molar-refractivity contribution in [3.8, 4) is 11.4 Å². The van der Waals surface area contributed by atoms with Gasteiger partial charge in [0.15, 0.2) is 5.69 Å². The van der Waals surface area contributed by atoms with Crippen molar-refractivity contribution in [2.75, 3.05) is 7.11 Å². The van der Waals surface area contributed by atoms with E-state index < -0.39 is 6.04 Å². The van der Waals surface area contributed by atoms with Crippen LogP contribution in [-0.4, -0.2) is 32.3 Å². The average molecular weight is 490 g/mol. The number of imidazole rings is 1. The number of rotatable bonds is 6. The van der Waals surface area contributed by atoms with Crippen LogP contribution in [0.5, 0.6) is 5.75 Å². The maximum absolute atomic E-state index is 13.8. The first kappa shape index (κ1) is 23.2. The number of benzene rings is 2. The Labute approximate surface area is 209 Å². The Kier molecular flexibility index (Phi) is 6.59. The second-order valence-corrected chi connectivity index (χ2v) is 9.24. The molecule has 2 heterocycles. The van der Waals surface area contributed by atoms with E-state index in [1.54, 1.807) is 13.3 Å². The van der Waals surface area contributed by atoms with Crippen molar-refractivity contribution in [3.63, 3.8) is 0 Å². The van der Waals surface area contributed by atoms with Crippen LogP contribution in [0.15, 0.2) is 60.9 Å². The zero-order chi connectivity index (χ0) is 24.4. The molecular weight excluding hydrogens is 462 g/mol. The fraction of sp³-hybridized carbons (Fsp3) is 0.296. The highest BCUT2D eigenvalue weighted by Crippen LogP contribution is 2.29. The molecule has 1 unspecified atom stereocenters. The lowest BCUT2D eigenvalue weighted by molar-refractivity contribution is 0.0934. The number of nitrogens with zero attached hydrogens (tertiary/aromatic N) is 4. The molecule has 8 heteroatoms. The number of hydrogen-bond donors (Lipinski definition) is 1. The molecule has 1 aliphatic carbocycles. The Morgan fingerprint density at radius 3 is 2.66 bits per heavy atom. The van der Waals surface area contributed by atoms with Gasteiger partial charge in [-0.05, 0) is 67.6 Å². The smallest absolute Gasteiger partial charge is 0.272 e. The van der Waals surface area contributed by atoms with Gasteiger partial charge in [0.1, 0.15) is 17.6 Å². The first-order chi connectivity index (χ1) is 17.0. The molecule has 0 spiro atoms. The van der Waals surface area contributed by atoms with E-state index in [0.717, 1.165) is 66.2 Å². The summed E-state index contributed by atoms with van der Waals surface area (Å²) in [5.74, 6) is 1.23. The van der Waals surface area contributed by atoms with Gasteiger partial charge in [-0.15, -0.1) is 0 Å². The summed E-state index contributed by atoms with van der Waals surface area (Å²) in [6, 6.07) is 14.8. The van der Waals surface area contributed by atoms with E-state index in [-0.39, 0.29) is 5.91 Å². The van der Waals surface area contributed by atoms with Crippen molar-refractivity contribution >= 4 is 17.5 Å². The molecule has 1 N–H and O–H groups in total. The van der Waals surface area contributed by atoms with Crippen molar-refractivity contribution in [2.24, 2.45) is 7.05 Å². The first-order valence-electron chi connectivity index (χ1n) is 11.8. The lowest BCUT2D eigenvalue weighted by Crippen LogP contribution is -2.32. The zero-order valence-electron chi connectivity index (χ0n) is 19.9. The van der Waals surface area contributed by atoms with Gasteiger partial charge < -0.3 is 14.6 Å². The minimum absolute atomic E-state index is 0.216. The van der Waals surface area contributed by atoms with Crippen LogP contribution in [0.2, 0.25) is 5.02 Å². The number of carbonyl (C=O) groups is 1. The molecule has 2 aromatic heterocycles. The van der Waals surface area contributed by atoms with E-state index in [1.807, 2.05) is 71.0 Å². The maximum Gasteiger partial charge on any atom is 0.272 e. The molecule has 1 aliphatic rings. The Morgan fingerprint density at radius 1 is 1.11 bits per heavy atom. The monoisotopic (exact) mass is 489 g/mol. The summed E-state index contributed by atoms with van der Waals surface area (Å²) in [5, 5.41) is 8.71. The van der Waals surface area contributed by atoms with Crippen molar-refractivity contribution in [2.45, 2.75) is 38.1 Å². The summed E-state index contributed by atoms with van der Waals surface area (Å²) in [6.45, 7) is 0. The number of aromatic nitrogens is 4. The molecule has 35 heavy (non-hydrogen) atoms. The highest BCUT2D eigenvalue weighted by atomic mass is 35.5. The summed E-state index contributed by atoms with van der Waals surface area (Å²) in [7, 11) is 3.55. The zero-order valence-corrected chi connectivity index (χ0v) is 20.6. The lowest BCUT2D eigenvalue weighted by Gasteiger charge is -2.19. The van der Waals surface area contributed by atoms with Gasteiger partial charge in [-0.2, -0.15) is 5.10 Å². The lowest BCUT2D eigenvalue weighted by atomic mass is 10.0.